The lowest BCUT2D eigenvalue weighted by Crippen LogP contribution is -2.03. The zero-order valence-corrected chi connectivity index (χ0v) is 10.5. The lowest BCUT2D eigenvalue weighted by molar-refractivity contribution is 0.601. The predicted molar refractivity (Wildman–Crippen MR) is 69.7 cm³/mol. The summed E-state index contributed by atoms with van der Waals surface area (Å²) in [7, 11) is 0. The molecule has 0 saturated carbocycles. The Morgan fingerprint density at radius 1 is 1.06 bits per heavy atom. The van der Waals surface area contributed by atoms with Gasteiger partial charge >= 0.3 is 0 Å². The molecule has 2 aromatic rings. The van der Waals surface area contributed by atoms with Crippen LogP contribution in [-0.4, -0.2) is 6.54 Å². The van der Waals surface area contributed by atoms with E-state index in [0.717, 1.165) is 5.56 Å². The van der Waals surface area contributed by atoms with Crippen molar-refractivity contribution in [3.05, 3.63) is 59.7 Å². The summed E-state index contributed by atoms with van der Waals surface area (Å²) in [6, 6.07) is 11.1. The molecule has 2 rings (SSSR count). The van der Waals surface area contributed by atoms with E-state index in [1.54, 1.807) is 18.2 Å². The third-order valence-corrected chi connectivity index (χ3v) is 3.45. The van der Waals surface area contributed by atoms with Crippen LogP contribution in [0.5, 0.6) is 0 Å². The zero-order valence-electron chi connectivity index (χ0n) is 9.70. The van der Waals surface area contributed by atoms with E-state index < -0.39 is 0 Å². The van der Waals surface area contributed by atoms with Gasteiger partial charge in [-0.1, -0.05) is 23.9 Å². The summed E-state index contributed by atoms with van der Waals surface area (Å²) in [6.07, 6.45) is 0.614. The molecule has 1 nitrogen and oxygen atoms in total. The Morgan fingerprint density at radius 3 is 2.56 bits per heavy atom. The first kappa shape index (κ1) is 13.1. The fourth-order valence-electron chi connectivity index (χ4n) is 1.65. The van der Waals surface area contributed by atoms with Gasteiger partial charge in [0.2, 0.25) is 0 Å². The van der Waals surface area contributed by atoms with Crippen LogP contribution in [0.25, 0.3) is 0 Å². The maximum Gasteiger partial charge on any atom is 0.137 e. The summed E-state index contributed by atoms with van der Waals surface area (Å²) in [5.74, 6) is -0.619. The SMILES string of the molecule is NCCc1cc(F)cc(Sc2ccccc2F)c1. The van der Waals surface area contributed by atoms with Crippen molar-refractivity contribution in [2.45, 2.75) is 16.2 Å². The van der Waals surface area contributed by atoms with E-state index in [2.05, 4.69) is 0 Å². The second kappa shape index (κ2) is 5.98. The van der Waals surface area contributed by atoms with E-state index in [-0.39, 0.29) is 11.6 Å². The van der Waals surface area contributed by atoms with E-state index in [1.807, 2.05) is 6.07 Å². The molecule has 0 spiro atoms. The Bertz CT molecular complexity index is 543. The first-order chi connectivity index (χ1) is 8.69. The van der Waals surface area contributed by atoms with Gasteiger partial charge in [-0.05, 0) is 48.9 Å². The van der Waals surface area contributed by atoms with Crippen LogP contribution in [0.2, 0.25) is 0 Å². The van der Waals surface area contributed by atoms with E-state index in [9.17, 15) is 8.78 Å². The van der Waals surface area contributed by atoms with E-state index in [0.29, 0.717) is 22.8 Å². The normalized spacial score (nSPS) is 10.6. The maximum atomic E-state index is 13.5. The van der Waals surface area contributed by atoms with Gasteiger partial charge in [-0.2, -0.15) is 0 Å². The van der Waals surface area contributed by atoms with Crippen molar-refractivity contribution in [3.8, 4) is 0 Å². The molecule has 0 saturated heterocycles. The summed E-state index contributed by atoms with van der Waals surface area (Å²) in [6.45, 7) is 0.466. The van der Waals surface area contributed by atoms with Crippen LogP contribution in [0.15, 0.2) is 52.3 Å². The largest absolute Gasteiger partial charge is 0.330 e. The van der Waals surface area contributed by atoms with Crippen molar-refractivity contribution in [2.24, 2.45) is 5.73 Å². The van der Waals surface area contributed by atoms with Crippen molar-refractivity contribution in [1.82, 2.24) is 0 Å². The van der Waals surface area contributed by atoms with Crippen molar-refractivity contribution in [1.29, 1.82) is 0 Å². The number of hydrogen-bond acceptors (Lipinski definition) is 2. The molecule has 0 fully saturated rings. The van der Waals surface area contributed by atoms with Crippen molar-refractivity contribution < 1.29 is 8.78 Å². The average Bonchev–Trinajstić information content (AvgIpc) is 2.32. The molecule has 18 heavy (non-hydrogen) atoms. The van der Waals surface area contributed by atoms with Gasteiger partial charge in [0.15, 0.2) is 0 Å². The smallest absolute Gasteiger partial charge is 0.137 e. The molecule has 0 heterocycles. The van der Waals surface area contributed by atoms with Crippen LogP contribution in [0.4, 0.5) is 8.78 Å². The number of hydrogen-bond donors (Lipinski definition) is 1. The van der Waals surface area contributed by atoms with Gasteiger partial charge in [0, 0.05) is 9.79 Å². The lowest BCUT2D eigenvalue weighted by Gasteiger charge is -2.06. The Labute approximate surface area is 109 Å². The molecule has 0 bridgehead atoms. The van der Waals surface area contributed by atoms with Crippen LogP contribution >= 0.6 is 11.8 Å². The number of benzene rings is 2. The molecule has 0 aliphatic carbocycles. The van der Waals surface area contributed by atoms with Gasteiger partial charge in [-0.15, -0.1) is 0 Å². The number of halogens is 2. The molecule has 4 heteroatoms. The maximum absolute atomic E-state index is 13.5. The highest BCUT2D eigenvalue weighted by atomic mass is 32.2. The molecule has 0 atom stereocenters. The Hall–Kier alpha value is -1.39. The fourth-order valence-corrected chi connectivity index (χ4v) is 2.59. The van der Waals surface area contributed by atoms with E-state index >= 15 is 0 Å². The highest BCUT2D eigenvalue weighted by Gasteiger charge is 2.06. The Balaban J connectivity index is 2.26. The van der Waals surface area contributed by atoms with Crippen molar-refractivity contribution >= 4 is 11.8 Å². The van der Waals surface area contributed by atoms with Crippen LogP contribution < -0.4 is 5.73 Å². The number of rotatable bonds is 4. The minimum atomic E-state index is -0.320. The monoisotopic (exact) mass is 265 g/mol. The Morgan fingerprint density at radius 2 is 1.83 bits per heavy atom. The average molecular weight is 265 g/mol. The minimum absolute atomic E-state index is 0.299. The molecule has 2 N–H and O–H groups in total. The first-order valence-corrected chi connectivity index (χ1v) is 6.42. The fraction of sp³-hybridized carbons (Fsp3) is 0.143. The van der Waals surface area contributed by atoms with Crippen LogP contribution in [0.3, 0.4) is 0 Å². The van der Waals surface area contributed by atoms with Gasteiger partial charge in [0.25, 0.3) is 0 Å². The molecule has 0 unspecified atom stereocenters. The second-order valence-corrected chi connectivity index (χ2v) is 4.98. The van der Waals surface area contributed by atoms with E-state index in [1.165, 1.54) is 30.0 Å². The third kappa shape index (κ3) is 3.31. The molecule has 0 radical (unpaired) electrons. The second-order valence-electron chi connectivity index (χ2n) is 3.87. The number of nitrogens with two attached hydrogens (primary N) is 1. The summed E-state index contributed by atoms with van der Waals surface area (Å²) < 4.78 is 26.9. The third-order valence-electron chi connectivity index (χ3n) is 2.43. The van der Waals surface area contributed by atoms with Crippen LogP contribution in [0.1, 0.15) is 5.56 Å². The first-order valence-electron chi connectivity index (χ1n) is 5.61. The van der Waals surface area contributed by atoms with Gasteiger partial charge in [0.05, 0.1) is 0 Å². The standard InChI is InChI=1S/C14H13F2NS/c15-11-7-10(5-6-17)8-12(9-11)18-14-4-2-1-3-13(14)16/h1-4,7-9H,5-6,17H2. The molecule has 0 aromatic heterocycles. The molecule has 0 amide bonds. The molecular formula is C14H13F2NS. The van der Waals surface area contributed by atoms with Gasteiger partial charge in [-0.25, -0.2) is 8.78 Å². The summed E-state index contributed by atoms with van der Waals surface area (Å²) >= 11 is 1.21. The van der Waals surface area contributed by atoms with Gasteiger partial charge in [-0.3, -0.25) is 0 Å². The highest BCUT2D eigenvalue weighted by molar-refractivity contribution is 7.99. The van der Waals surface area contributed by atoms with Crippen molar-refractivity contribution in [2.75, 3.05) is 6.54 Å². The van der Waals surface area contributed by atoms with E-state index in [4.69, 9.17) is 5.73 Å². The predicted octanol–water partition coefficient (Wildman–Crippen LogP) is 3.62. The lowest BCUT2D eigenvalue weighted by atomic mass is 10.1. The highest BCUT2D eigenvalue weighted by Crippen LogP contribution is 2.30. The molecule has 0 aliphatic heterocycles. The topological polar surface area (TPSA) is 26.0 Å². The summed E-state index contributed by atoms with van der Waals surface area (Å²) in [4.78, 5) is 1.17. The van der Waals surface area contributed by atoms with Gasteiger partial charge < -0.3 is 5.73 Å². The van der Waals surface area contributed by atoms with Crippen LogP contribution in [-0.2, 0) is 6.42 Å². The van der Waals surface area contributed by atoms with Gasteiger partial charge in [0.1, 0.15) is 11.6 Å². The Kier molecular flexibility index (Phi) is 4.33. The zero-order chi connectivity index (χ0) is 13.0. The van der Waals surface area contributed by atoms with Crippen molar-refractivity contribution in [3.63, 3.8) is 0 Å². The molecular weight excluding hydrogens is 252 g/mol. The minimum Gasteiger partial charge on any atom is -0.330 e. The summed E-state index contributed by atoms with van der Waals surface area (Å²) in [5, 5.41) is 0. The quantitative estimate of drug-likeness (QED) is 0.913. The summed E-state index contributed by atoms with van der Waals surface area (Å²) in [5.41, 5.74) is 6.28. The molecule has 94 valence electrons. The van der Waals surface area contributed by atoms with Crippen LogP contribution in [0, 0.1) is 11.6 Å². The molecule has 0 aliphatic rings. The molecule has 2 aromatic carbocycles.